The summed E-state index contributed by atoms with van der Waals surface area (Å²) in [7, 11) is 0. The maximum absolute atomic E-state index is 11.6. The summed E-state index contributed by atoms with van der Waals surface area (Å²) in [5.74, 6) is -0.0149. The third-order valence-electron chi connectivity index (χ3n) is 3.78. The molecule has 1 rings (SSSR count). The predicted octanol–water partition coefficient (Wildman–Crippen LogP) is 5.16. The smallest absolute Gasteiger partial charge is 0.243 e. The van der Waals surface area contributed by atoms with Crippen molar-refractivity contribution in [3.63, 3.8) is 0 Å². The fourth-order valence-electron chi connectivity index (χ4n) is 2.42. The number of hydrogen-bond donors (Lipinski definition) is 1. The largest absolute Gasteiger partial charge is 0.273 e. The molecule has 0 saturated heterocycles. The molecule has 1 amide bonds. The molecule has 0 saturated carbocycles. The van der Waals surface area contributed by atoms with Gasteiger partial charge in [0.1, 0.15) is 0 Å². The molecule has 0 aromatic heterocycles. The molecule has 1 aromatic carbocycles. The lowest BCUT2D eigenvalue weighted by atomic mass is 10.1. The second-order valence-electron chi connectivity index (χ2n) is 5.88. The summed E-state index contributed by atoms with van der Waals surface area (Å²) in [4.78, 5) is 16.8. The van der Waals surface area contributed by atoms with Crippen LogP contribution in [-0.4, -0.2) is 5.91 Å². The van der Waals surface area contributed by atoms with Crippen molar-refractivity contribution in [3.8, 4) is 0 Å². The van der Waals surface area contributed by atoms with Crippen LogP contribution < -0.4 is 5.48 Å². The Morgan fingerprint density at radius 3 is 2.14 bits per heavy atom. The first-order valence-electron chi connectivity index (χ1n) is 8.77. The van der Waals surface area contributed by atoms with E-state index in [2.05, 4.69) is 12.4 Å². The van der Waals surface area contributed by atoms with E-state index < -0.39 is 0 Å². The maximum atomic E-state index is 11.6. The van der Waals surface area contributed by atoms with Gasteiger partial charge in [-0.15, -0.1) is 0 Å². The maximum Gasteiger partial charge on any atom is 0.243 e. The van der Waals surface area contributed by atoms with Gasteiger partial charge in [-0.1, -0.05) is 88.6 Å². The Labute approximate surface area is 135 Å². The molecular formula is C19H31NO2. The molecule has 0 aliphatic heterocycles. The van der Waals surface area contributed by atoms with Gasteiger partial charge in [0.15, 0.2) is 0 Å². The van der Waals surface area contributed by atoms with E-state index >= 15 is 0 Å². The molecule has 1 aromatic rings. The van der Waals surface area contributed by atoms with Crippen molar-refractivity contribution in [2.75, 3.05) is 0 Å². The van der Waals surface area contributed by atoms with E-state index in [4.69, 9.17) is 4.84 Å². The highest BCUT2D eigenvalue weighted by atomic mass is 16.6. The summed E-state index contributed by atoms with van der Waals surface area (Å²) >= 11 is 0. The van der Waals surface area contributed by atoms with E-state index in [1.165, 1.54) is 44.9 Å². The van der Waals surface area contributed by atoms with Crippen LogP contribution in [-0.2, 0) is 16.2 Å². The monoisotopic (exact) mass is 305 g/mol. The lowest BCUT2D eigenvalue weighted by Crippen LogP contribution is -2.23. The molecule has 3 heteroatoms. The van der Waals surface area contributed by atoms with Crippen LogP contribution in [0.2, 0.25) is 0 Å². The third kappa shape index (κ3) is 10.4. The van der Waals surface area contributed by atoms with Crippen LogP contribution in [0.4, 0.5) is 0 Å². The van der Waals surface area contributed by atoms with E-state index in [0.29, 0.717) is 13.0 Å². The molecule has 0 heterocycles. The first-order valence-corrected chi connectivity index (χ1v) is 8.77. The molecule has 0 fully saturated rings. The SMILES string of the molecule is CCCCCCCCCCCC(=O)NOCc1ccccc1. The summed E-state index contributed by atoms with van der Waals surface area (Å²) in [6.07, 6.45) is 11.9. The Morgan fingerprint density at radius 1 is 0.909 bits per heavy atom. The summed E-state index contributed by atoms with van der Waals surface area (Å²) in [6.45, 7) is 2.67. The zero-order valence-electron chi connectivity index (χ0n) is 14.0. The van der Waals surface area contributed by atoms with Gasteiger partial charge < -0.3 is 0 Å². The highest BCUT2D eigenvalue weighted by molar-refractivity contribution is 5.74. The average Bonchev–Trinajstić information content (AvgIpc) is 2.54. The lowest BCUT2D eigenvalue weighted by molar-refractivity contribution is -0.134. The van der Waals surface area contributed by atoms with Crippen LogP contribution in [0.15, 0.2) is 30.3 Å². The van der Waals surface area contributed by atoms with Gasteiger partial charge in [0.25, 0.3) is 0 Å². The Bertz CT molecular complexity index is 378. The Kier molecular flexibility index (Phi) is 11.3. The molecule has 0 atom stereocenters. The van der Waals surface area contributed by atoms with Crippen LogP contribution in [0.1, 0.15) is 76.7 Å². The van der Waals surface area contributed by atoms with Crippen molar-refractivity contribution in [2.45, 2.75) is 77.7 Å². The van der Waals surface area contributed by atoms with Crippen LogP contribution in [0.5, 0.6) is 0 Å². The summed E-state index contributed by atoms with van der Waals surface area (Å²) in [6, 6.07) is 9.84. The van der Waals surface area contributed by atoms with Crippen LogP contribution in [0.3, 0.4) is 0 Å². The second-order valence-corrected chi connectivity index (χ2v) is 5.88. The van der Waals surface area contributed by atoms with Crippen molar-refractivity contribution < 1.29 is 9.63 Å². The molecule has 124 valence electrons. The predicted molar refractivity (Wildman–Crippen MR) is 91.2 cm³/mol. The van der Waals surface area contributed by atoms with Crippen LogP contribution in [0, 0.1) is 0 Å². The minimum Gasteiger partial charge on any atom is -0.273 e. The van der Waals surface area contributed by atoms with Crippen molar-refractivity contribution >= 4 is 5.91 Å². The molecule has 3 nitrogen and oxygen atoms in total. The Hall–Kier alpha value is -1.35. The summed E-state index contributed by atoms with van der Waals surface area (Å²) in [5, 5.41) is 0. The van der Waals surface area contributed by atoms with Gasteiger partial charge in [-0.3, -0.25) is 9.63 Å². The minimum atomic E-state index is -0.0149. The van der Waals surface area contributed by atoms with Gasteiger partial charge in [-0.25, -0.2) is 5.48 Å². The zero-order valence-corrected chi connectivity index (χ0v) is 14.0. The standard InChI is InChI=1S/C19H31NO2/c1-2-3-4-5-6-7-8-9-13-16-19(21)20-22-17-18-14-11-10-12-15-18/h10-12,14-15H,2-9,13,16-17H2,1H3,(H,20,21). The quantitative estimate of drug-likeness (QED) is 0.404. The number of benzene rings is 1. The number of carbonyl (C=O) groups is 1. The van der Waals surface area contributed by atoms with E-state index in [-0.39, 0.29) is 5.91 Å². The van der Waals surface area contributed by atoms with Crippen LogP contribution in [0.25, 0.3) is 0 Å². The summed E-state index contributed by atoms with van der Waals surface area (Å²) < 4.78 is 0. The zero-order chi connectivity index (χ0) is 15.9. The van der Waals surface area contributed by atoms with Gasteiger partial charge in [0.05, 0.1) is 6.61 Å². The fraction of sp³-hybridized carbons (Fsp3) is 0.632. The van der Waals surface area contributed by atoms with Crippen molar-refractivity contribution in [3.05, 3.63) is 35.9 Å². The normalized spacial score (nSPS) is 10.6. The minimum absolute atomic E-state index is 0.0149. The highest BCUT2D eigenvalue weighted by Crippen LogP contribution is 2.10. The van der Waals surface area contributed by atoms with Crippen molar-refractivity contribution in [1.29, 1.82) is 0 Å². The molecular weight excluding hydrogens is 274 g/mol. The molecule has 0 aliphatic carbocycles. The third-order valence-corrected chi connectivity index (χ3v) is 3.78. The van der Waals surface area contributed by atoms with E-state index in [9.17, 15) is 4.79 Å². The first-order chi connectivity index (χ1) is 10.8. The Balaban J connectivity index is 1.87. The number of nitrogens with one attached hydrogen (secondary N) is 1. The van der Waals surface area contributed by atoms with E-state index in [1.807, 2.05) is 30.3 Å². The molecule has 1 N–H and O–H groups in total. The van der Waals surface area contributed by atoms with Gasteiger partial charge in [0, 0.05) is 6.42 Å². The van der Waals surface area contributed by atoms with E-state index in [0.717, 1.165) is 18.4 Å². The molecule has 0 spiro atoms. The molecule has 0 radical (unpaired) electrons. The molecule has 0 bridgehead atoms. The lowest BCUT2D eigenvalue weighted by Gasteiger charge is -2.06. The molecule has 0 aliphatic rings. The first kappa shape index (κ1) is 18.7. The molecule has 22 heavy (non-hydrogen) atoms. The fourth-order valence-corrected chi connectivity index (χ4v) is 2.42. The topological polar surface area (TPSA) is 38.3 Å². The number of hydrogen-bond acceptors (Lipinski definition) is 2. The highest BCUT2D eigenvalue weighted by Gasteiger charge is 2.01. The van der Waals surface area contributed by atoms with Crippen molar-refractivity contribution in [2.24, 2.45) is 0 Å². The van der Waals surface area contributed by atoms with Gasteiger partial charge in [-0.2, -0.15) is 0 Å². The molecule has 0 unspecified atom stereocenters. The van der Waals surface area contributed by atoms with Crippen molar-refractivity contribution in [1.82, 2.24) is 5.48 Å². The Morgan fingerprint density at radius 2 is 1.50 bits per heavy atom. The summed E-state index contributed by atoms with van der Waals surface area (Å²) in [5.41, 5.74) is 3.58. The number of unbranched alkanes of at least 4 members (excludes halogenated alkanes) is 8. The number of carbonyl (C=O) groups excluding carboxylic acids is 1. The van der Waals surface area contributed by atoms with Gasteiger partial charge in [-0.05, 0) is 12.0 Å². The van der Waals surface area contributed by atoms with E-state index in [1.54, 1.807) is 0 Å². The second kappa shape index (κ2) is 13.3. The average molecular weight is 305 g/mol. The van der Waals surface area contributed by atoms with Gasteiger partial charge >= 0.3 is 0 Å². The number of rotatable bonds is 13. The van der Waals surface area contributed by atoms with Gasteiger partial charge in [0.2, 0.25) is 5.91 Å². The number of amides is 1. The van der Waals surface area contributed by atoms with Crippen LogP contribution >= 0.6 is 0 Å². The number of hydroxylamine groups is 1.